The van der Waals surface area contributed by atoms with Crippen LogP contribution in [0.5, 0.6) is 5.75 Å². The second kappa shape index (κ2) is 8.33. The van der Waals surface area contributed by atoms with Gasteiger partial charge in [-0.25, -0.2) is 0 Å². The van der Waals surface area contributed by atoms with Gasteiger partial charge in [-0.15, -0.1) is 0 Å². The summed E-state index contributed by atoms with van der Waals surface area (Å²) < 4.78 is 5.58. The fourth-order valence-electron chi connectivity index (χ4n) is 2.66. The van der Waals surface area contributed by atoms with Gasteiger partial charge in [0.1, 0.15) is 12.3 Å². The molecule has 5 heteroatoms. The molecule has 0 bridgehead atoms. The van der Waals surface area contributed by atoms with E-state index in [1.807, 2.05) is 51.1 Å². The molecule has 0 fully saturated rings. The second-order valence-corrected chi connectivity index (χ2v) is 5.82. The maximum absolute atomic E-state index is 12.5. The molecule has 0 heterocycles. The number of rotatable bonds is 6. The van der Waals surface area contributed by atoms with Crippen LogP contribution in [0.25, 0.3) is 0 Å². The van der Waals surface area contributed by atoms with E-state index in [1.165, 1.54) is 11.8 Å². The van der Waals surface area contributed by atoms with Crippen LogP contribution in [0, 0.1) is 13.8 Å². The first-order valence-electron chi connectivity index (χ1n) is 8.30. The van der Waals surface area contributed by atoms with Crippen molar-refractivity contribution in [3.63, 3.8) is 0 Å². The second-order valence-electron chi connectivity index (χ2n) is 5.82. The predicted molar refractivity (Wildman–Crippen MR) is 100 cm³/mol. The third-order valence-electron chi connectivity index (χ3n) is 3.88. The zero-order chi connectivity index (χ0) is 18.4. The summed E-state index contributed by atoms with van der Waals surface area (Å²) in [6, 6.07) is 13.0. The molecule has 0 atom stereocenters. The molecule has 0 unspecified atom stereocenters. The summed E-state index contributed by atoms with van der Waals surface area (Å²) >= 11 is 0. The number of carbonyl (C=O) groups is 2. The number of amides is 2. The standard InChI is InChI=1S/C20H24N2O3/c1-5-25-18-12-7-6-11-17(18)22(16(4)23)13-19(24)21-20-14(2)9-8-10-15(20)3/h6-12H,5,13H2,1-4H3,(H,21,24). The fourth-order valence-corrected chi connectivity index (χ4v) is 2.66. The molecule has 0 aliphatic rings. The average molecular weight is 340 g/mol. The Hall–Kier alpha value is -2.82. The number of nitrogens with zero attached hydrogens (tertiary/aromatic N) is 1. The summed E-state index contributed by atoms with van der Waals surface area (Å²) in [6.45, 7) is 7.60. The van der Waals surface area contributed by atoms with E-state index in [0.29, 0.717) is 18.0 Å². The molecule has 0 saturated heterocycles. The molecule has 132 valence electrons. The third-order valence-corrected chi connectivity index (χ3v) is 3.88. The highest BCUT2D eigenvalue weighted by Crippen LogP contribution is 2.28. The Balaban J connectivity index is 2.22. The van der Waals surface area contributed by atoms with E-state index in [0.717, 1.165) is 16.8 Å². The molecule has 2 rings (SSSR count). The van der Waals surface area contributed by atoms with Crippen molar-refractivity contribution in [2.24, 2.45) is 0 Å². The van der Waals surface area contributed by atoms with Gasteiger partial charge < -0.3 is 10.1 Å². The van der Waals surface area contributed by atoms with Crippen molar-refractivity contribution in [3.05, 3.63) is 53.6 Å². The smallest absolute Gasteiger partial charge is 0.244 e. The van der Waals surface area contributed by atoms with Gasteiger partial charge in [-0.05, 0) is 44.0 Å². The SMILES string of the molecule is CCOc1ccccc1N(CC(=O)Nc1c(C)cccc1C)C(C)=O. The van der Waals surface area contributed by atoms with Gasteiger partial charge in [0.2, 0.25) is 11.8 Å². The van der Waals surface area contributed by atoms with Crippen molar-refractivity contribution in [3.8, 4) is 5.75 Å². The zero-order valence-corrected chi connectivity index (χ0v) is 15.1. The number of para-hydroxylation sites is 3. The van der Waals surface area contributed by atoms with Crippen LogP contribution >= 0.6 is 0 Å². The number of hydrogen-bond donors (Lipinski definition) is 1. The first kappa shape index (κ1) is 18.5. The Morgan fingerprint density at radius 1 is 1.04 bits per heavy atom. The Labute approximate surface area is 148 Å². The molecule has 2 aromatic rings. The minimum Gasteiger partial charge on any atom is -0.492 e. The molecule has 2 amide bonds. The molecule has 0 aliphatic heterocycles. The van der Waals surface area contributed by atoms with Crippen molar-refractivity contribution in [2.45, 2.75) is 27.7 Å². The van der Waals surface area contributed by atoms with Gasteiger partial charge in [0.05, 0.1) is 12.3 Å². The largest absolute Gasteiger partial charge is 0.492 e. The number of carbonyl (C=O) groups excluding carboxylic acids is 2. The number of hydrogen-bond acceptors (Lipinski definition) is 3. The van der Waals surface area contributed by atoms with Gasteiger partial charge in [-0.3, -0.25) is 14.5 Å². The number of aryl methyl sites for hydroxylation is 2. The van der Waals surface area contributed by atoms with Crippen LogP contribution in [0.4, 0.5) is 11.4 Å². The number of nitrogens with one attached hydrogen (secondary N) is 1. The molecule has 2 aromatic carbocycles. The lowest BCUT2D eigenvalue weighted by atomic mass is 10.1. The van der Waals surface area contributed by atoms with E-state index in [2.05, 4.69) is 5.32 Å². The normalized spacial score (nSPS) is 10.2. The van der Waals surface area contributed by atoms with Gasteiger partial charge in [0, 0.05) is 12.6 Å². The number of ether oxygens (including phenoxy) is 1. The van der Waals surface area contributed by atoms with Gasteiger partial charge in [0.25, 0.3) is 0 Å². The van der Waals surface area contributed by atoms with Crippen molar-refractivity contribution < 1.29 is 14.3 Å². The summed E-state index contributed by atoms with van der Waals surface area (Å²) in [5.41, 5.74) is 3.34. The summed E-state index contributed by atoms with van der Waals surface area (Å²) in [5.74, 6) is 0.114. The molecular weight excluding hydrogens is 316 g/mol. The molecule has 0 aliphatic carbocycles. The van der Waals surface area contributed by atoms with Crippen LogP contribution in [0.3, 0.4) is 0 Å². The lowest BCUT2D eigenvalue weighted by Gasteiger charge is -2.23. The van der Waals surface area contributed by atoms with E-state index in [-0.39, 0.29) is 18.4 Å². The van der Waals surface area contributed by atoms with Crippen molar-refractivity contribution in [1.29, 1.82) is 0 Å². The molecule has 0 radical (unpaired) electrons. The highest BCUT2D eigenvalue weighted by Gasteiger charge is 2.20. The van der Waals surface area contributed by atoms with Crippen LogP contribution in [0.1, 0.15) is 25.0 Å². The minimum atomic E-state index is -0.251. The fraction of sp³-hybridized carbons (Fsp3) is 0.300. The van der Waals surface area contributed by atoms with Crippen LogP contribution in [0.2, 0.25) is 0 Å². The lowest BCUT2D eigenvalue weighted by molar-refractivity contribution is -0.120. The molecule has 5 nitrogen and oxygen atoms in total. The average Bonchev–Trinajstić information content (AvgIpc) is 2.57. The van der Waals surface area contributed by atoms with E-state index in [4.69, 9.17) is 4.74 Å². The van der Waals surface area contributed by atoms with Crippen LogP contribution in [0.15, 0.2) is 42.5 Å². The van der Waals surface area contributed by atoms with Crippen LogP contribution in [-0.2, 0) is 9.59 Å². The van der Waals surface area contributed by atoms with E-state index < -0.39 is 0 Å². The Kier molecular flexibility index (Phi) is 6.17. The molecule has 0 aromatic heterocycles. The van der Waals surface area contributed by atoms with Crippen molar-refractivity contribution >= 4 is 23.2 Å². The van der Waals surface area contributed by atoms with Crippen molar-refractivity contribution in [1.82, 2.24) is 0 Å². The van der Waals surface area contributed by atoms with Crippen LogP contribution < -0.4 is 15.0 Å². The molecule has 25 heavy (non-hydrogen) atoms. The topological polar surface area (TPSA) is 58.6 Å². The Morgan fingerprint density at radius 3 is 2.28 bits per heavy atom. The summed E-state index contributed by atoms with van der Waals surface area (Å²) in [6.07, 6.45) is 0. The van der Waals surface area contributed by atoms with Crippen LogP contribution in [-0.4, -0.2) is 25.0 Å². The maximum Gasteiger partial charge on any atom is 0.244 e. The van der Waals surface area contributed by atoms with E-state index in [1.54, 1.807) is 12.1 Å². The molecule has 0 saturated carbocycles. The van der Waals surface area contributed by atoms with Gasteiger partial charge in [0.15, 0.2) is 0 Å². The highest BCUT2D eigenvalue weighted by atomic mass is 16.5. The Morgan fingerprint density at radius 2 is 1.68 bits per heavy atom. The predicted octanol–water partition coefficient (Wildman–Crippen LogP) is 3.69. The number of anilines is 2. The molecule has 0 spiro atoms. The summed E-state index contributed by atoms with van der Waals surface area (Å²) in [4.78, 5) is 26.1. The molecule has 1 N–H and O–H groups in total. The van der Waals surface area contributed by atoms with E-state index in [9.17, 15) is 9.59 Å². The minimum absolute atomic E-state index is 0.0762. The van der Waals surface area contributed by atoms with E-state index >= 15 is 0 Å². The summed E-state index contributed by atoms with van der Waals surface area (Å²) in [5, 5.41) is 2.91. The number of benzene rings is 2. The van der Waals surface area contributed by atoms with Crippen molar-refractivity contribution in [2.75, 3.05) is 23.4 Å². The van der Waals surface area contributed by atoms with Gasteiger partial charge in [-0.2, -0.15) is 0 Å². The quantitative estimate of drug-likeness (QED) is 0.872. The Bertz CT molecular complexity index is 751. The lowest BCUT2D eigenvalue weighted by Crippen LogP contribution is -2.37. The maximum atomic E-state index is 12.5. The van der Waals surface area contributed by atoms with Gasteiger partial charge >= 0.3 is 0 Å². The third kappa shape index (κ3) is 4.59. The molecular formula is C20H24N2O3. The first-order valence-corrected chi connectivity index (χ1v) is 8.30. The monoisotopic (exact) mass is 340 g/mol. The van der Waals surface area contributed by atoms with Gasteiger partial charge in [-0.1, -0.05) is 30.3 Å². The zero-order valence-electron chi connectivity index (χ0n) is 15.1. The first-order chi connectivity index (χ1) is 11.9. The highest BCUT2D eigenvalue weighted by molar-refractivity contribution is 6.03. The summed E-state index contributed by atoms with van der Waals surface area (Å²) in [7, 11) is 0.